The van der Waals surface area contributed by atoms with Gasteiger partial charge in [0.2, 0.25) is 0 Å². The van der Waals surface area contributed by atoms with E-state index < -0.39 is 16.1 Å². The summed E-state index contributed by atoms with van der Waals surface area (Å²) < 4.78 is 29.4. The summed E-state index contributed by atoms with van der Waals surface area (Å²) in [4.78, 5) is 24.8. The van der Waals surface area contributed by atoms with Crippen LogP contribution >= 0.6 is 0 Å². The monoisotopic (exact) mass is 577 g/mol. The number of pyridine rings is 1. The molecular weight excluding hydrogens is 542 g/mol. The van der Waals surface area contributed by atoms with Crippen molar-refractivity contribution >= 4 is 38.7 Å². The molecule has 41 heavy (non-hydrogen) atoms. The number of amides is 1. The van der Waals surface area contributed by atoms with E-state index in [4.69, 9.17) is 10.1 Å². The number of anilines is 2. The van der Waals surface area contributed by atoms with Gasteiger partial charge in [-0.15, -0.1) is 0 Å². The number of carbonyl (C=O) groups is 1. The fourth-order valence-corrected chi connectivity index (χ4v) is 6.96. The standard InChI is InChI=1S/C29H35N7O4S/c1-4-5-21-14-23-27(34-19-8-10-20(11-9-19)35-29(37)38)24(25-15-26(30-3)33-17-32-25)16-31-28(23)36(21)41(39,40)22-12-6-18(2)7-13-22/h6-7,12-17,19-20,35H,4-5,8-11H2,1-3H3,(H,31,34)(H,37,38)(H,30,32,33)/t19-,20-. The van der Waals surface area contributed by atoms with Gasteiger partial charge in [-0.1, -0.05) is 31.0 Å². The molecule has 0 saturated heterocycles. The van der Waals surface area contributed by atoms with Crippen LogP contribution in [0.5, 0.6) is 0 Å². The largest absolute Gasteiger partial charge is 0.465 e. The average Bonchev–Trinajstić information content (AvgIpc) is 3.34. The topological polar surface area (TPSA) is 151 Å². The van der Waals surface area contributed by atoms with Crippen LogP contribution in [0.2, 0.25) is 0 Å². The lowest BCUT2D eigenvalue weighted by Crippen LogP contribution is -2.39. The minimum atomic E-state index is -3.92. The number of nitrogens with one attached hydrogen (secondary N) is 3. The van der Waals surface area contributed by atoms with Gasteiger partial charge in [-0.3, -0.25) is 0 Å². The summed E-state index contributed by atoms with van der Waals surface area (Å²) in [6.45, 7) is 3.94. The highest BCUT2D eigenvalue weighted by atomic mass is 32.2. The Bertz CT molecular complexity index is 1660. The molecular formula is C29H35N7O4S. The van der Waals surface area contributed by atoms with Crippen molar-refractivity contribution in [2.24, 2.45) is 0 Å². The Morgan fingerprint density at radius 2 is 1.76 bits per heavy atom. The molecule has 4 N–H and O–H groups in total. The van der Waals surface area contributed by atoms with Crippen LogP contribution in [-0.2, 0) is 16.4 Å². The van der Waals surface area contributed by atoms with Crippen LogP contribution in [0.3, 0.4) is 0 Å². The second-order valence-electron chi connectivity index (χ2n) is 10.4. The quantitative estimate of drug-likeness (QED) is 0.215. The highest BCUT2D eigenvalue weighted by Gasteiger charge is 2.28. The number of rotatable bonds is 9. The van der Waals surface area contributed by atoms with E-state index in [0.29, 0.717) is 47.5 Å². The normalized spacial score (nSPS) is 17.3. The van der Waals surface area contributed by atoms with Crippen LogP contribution in [0.15, 0.2) is 53.8 Å². The van der Waals surface area contributed by atoms with Crippen LogP contribution < -0.4 is 16.0 Å². The second-order valence-corrected chi connectivity index (χ2v) is 12.2. The molecule has 1 aliphatic carbocycles. The first-order valence-electron chi connectivity index (χ1n) is 13.8. The SMILES string of the molecule is CCCc1cc2c(N[C@H]3CC[C@H](NC(=O)O)CC3)c(-c3cc(NC)ncn3)cnc2n1S(=O)(=O)c1ccc(C)cc1. The maximum atomic E-state index is 14.0. The molecule has 0 aliphatic heterocycles. The number of nitrogens with zero attached hydrogens (tertiary/aromatic N) is 4. The molecule has 0 spiro atoms. The number of aromatic nitrogens is 4. The van der Waals surface area contributed by atoms with E-state index in [-0.39, 0.29) is 17.0 Å². The van der Waals surface area contributed by atoms with Crippen molar-refractivity contribution in [3.05, 3.63) is 60.2 Å². The molecule has 216 valence electrons. The number of hydrogen-bond donors (Lipinski definition) is 4. The molecule has 11 nitrogen and oxygen atoms in total. The van der Waals surface area contributed by atoms with E-state index >= 15 is 0 Å². The molecule has 0 atom stereocenters. The maximum Gasteiger partial charge on any atom is 0.404 e. The lowest BCUT2D eigenvalue weighted by molar-refractivity contribution is 0.185. The predicted molar refractivity (Wildman–Crippen MR) is 159 cm³/mol. The fraction of sp³-hybridized carbons (Fsp3) is 0.379. The van der Waals surface area contributed by atoms with Crippen molar-refractivity contribution in [1.29, 1.82) is 0 Å². The smallest absolute Gasteiger partial charge is 0.404 e. The van der Waals surface area contributed by atoms with Crippen molar-refractivity contribution in [3.8, 4) is 11.3 Å². The molecule has 1 fully saturated rings. The van der Waals surface area contributed by atoms with Crippen molar-refractivity contribution in [2.75, 3.05) is 17.7 Å². The molecule has 3 aromatic heterocycles. The van der Waals surface area contributed by atoms with E-state index in [2.05, 4.69) is 25.9 Å². The third-order valence-corrected chi connectivity index (χ3v) is 9.28. The molecule has 3 heterocycles. The summed E-state index contributed by atoms with van der Waals surface area (Å²) in [7, 11) is -2.14. The number of benzene rings is 1. The predicted octanol–water partition coefficient (Wildman–Crippen LogP) is 5.02. The minimum absolute atomic E-state index is 0.0588. The van der Waals surface area contributed by atoms with Crippen molar-refractivity contribution < 1.29 is 18.3 Å². The van der Waals surface area contributed by atoms with Crippen LogP contribution in [0.1, 0.15) is 50.3 Å². The zero-order valence-electron chi connectivity index (χ0n) is 23.4. The van der Waals surface area contributed by atoms with Crippen LogP contribution in [0.4, 0.5) is 16.3 Å². The van der Waals surface area contributed by atoms with E-state index in [9.17, 15) is 13.2 Å². The fourth-order valence-electron chi connectivity index (χ4n) is 5.44. The summed E-state index contributed by atoms with van der Waals surface area (Å²) in [5.41, 5.74) is 4.11. The van der Waals surface area contributed by atoms with Gasteiger partial charge in [-0.05, 0) is 57.2 Å². The van der Waals surface area contributed by atoms with Crippen molar-refractivity contribution in [1.82, 2.24) is 24.2 Å². The lowest BCUT2D eigenvalue weighted by atomic mass is 9.90. The first-order chi connectivity index (χ1) is 19.7. The number of carboxylic acid groups (broad SMARTS) is 1. The van der Waals surface area contributed by atoms with Crippen LogP contribution in [0, 0.1) is 6.92 Å². The van der Waals surface area contributed by atoms with Gasteiger partial charge < -0.3 is 21.1 Å². The maximum absolute atomic E-state index is 14.0. The Labute approximate surface area is 239 Å². The van der Waals surface area contributed by atoms with Crippen LogP contribution in [0.25, 0.3) is 22.3 Å². The van der Waals surface area contributed by atoms with Gasteiger partial charge in [0, 0.05) is 48.0 Å². The van der Waals surface area contributed by atoms with Crippen molar-refractivity contribution in [2.45, 2.75) is 69.4 Å². The molecule has 0 radical (unpaired) electrons. The third-order valence-electron chi connectivity index (χ3n) is 7.53. The van der Waals surface area contributed by atoms with E-state index in [1.807, 2.05) is 26.0 Å². The highest BCUT2D eigenvalue weighted by Crippen LogP contribution is 2.38. The summed E-state index contributed by atoms with van der Waals surface area (Å²) in [6, 6.07) is 10.6. The minimum Gasteiger partial charge on any atom is -0.465 e. The third kappa shape index (κ3) is 5.83. The van der Waals surface area contributed by atoms with Gasteiger partial charge in [0.05, 0.1) is 16.3 Å². The molecule has 0 bridgehead atoms. The average molecular weight is 578 g/mol. The van der Waals surface area contributed by atoms with E-state index in [1.54, 1.807) is 37.5 Å². The summed E-state index contributed by atoms with van der Waals surface area (Å²) in [5, 5.41) is 19.1. The Hall–Kier alpha value is -4.19. The highest BCUT2D eigenvalue weighted by molar-refractivity contribution is 7.90. The molecule has 0 unspecified atom stereocenters. The zero-order valence-corrected chi connectivity index (χ0v) is 24.2. The molecule has 1 amide bonds. The molecule has 1 aromatic carbocycles. The summed E-state index contributed by atoms with van der Waals surface area (Å²) in [6.07, 6.45) is 6.36. The second kappa shape index (κ2) is 11.7. The Morgan fingerprint density at radius 3 is 2.41 bits per heavy atom. The van der Waals surface area contributed by atoms with E-state index in [0.717, 1.165) is 36.1 Å². The van der Waals surface area contributed by atoms with Gasteiger partial charge >= 0.3 is 6.09 Å². The summed E-state index contributed by atoms with van der Waals surface area (Å²) in [5.74, 6) is 0.646. The molecule has 12 heteroatoms. The van der Waals surface area contributed by atoms with Gasteiger partial charge in [-0.25, -0.2) is 32.1 Å². The Balaban J connectivity index is 1.65. The van der Waals surface area contributed by atoms with Gasteiger partial charge in [0.25, 0.3) is 10.0 Å². The van der Waals surface area contributed by atoms with Gasteiger partial charge in [0.1, 0.15) is 12.1 Å². The summed E-state index contributed by atoms with van der Waals surface area (Å²) >= 11 is 0. The number of hydrogen-bond acceptors (Lipinski definition) is 8. The number of aryl methyl sites for hydroxylation is 2. The molecule has 5 rings (SSSR count). The van der Waals surface area contributed by atoms with Crippen molar-refractivity contribution in [3.63, 3.8) is 0 Å². The lowest BCUT2D eigenvalue weighted by Gasteiger charge is -2.30. The first kappa shape index (κ1) is 28.3. The first-order valence-corrected chi connectivity index (χ1v) is 15.3. The zero-order chi connectivity index (χ0) is 29.1. The molecule has 4 aromatic rings. The molecule has 1 saturated carbocycles. The molecule has 1 aliphatic rings. The Kier molecular flexibility index (Phi) is 8.11. The number of fused-ring (bicyclic) bond motifs is 1. The Morgan fingerprint density at radius 1 is 1.05 bits per heavy atom. The van der Waals surface area contributed by atoms with Gasteiger partial charge in [0.15, 0.2) is 5.65 Å². The van der Waals surface area contributed by atoms with Gasteiger partial charge in [-0.2, -0.15) is 0 Å². The van der Waals surface area contributed by atoms with E-state index in [1.165, 1.54) is 10.3 Å². The van der Waals surface area contributed by atoms with Crippen LogP contribution in [-0.4, -0.2) is 57.7 Å².